The van der Waals surface area contributed by atoms with Crippen LogP contribution in [0, 0.1) is 0 Å². The van der Waals surface area contributed by atoms with Crippen molar-refractivity contribution in [2.24, 2.45) is 0 Å². The minimum atomic E-state index is -0.118. The first-order valence-corrected chi connectivity index (χ1v) is 7.14. The molecule has 0 radical (unpaired) electrons. The van der Waals surface area contributed by atoms with Crippen molar-refractivity contribution in [2.75, 3.05) is 26.9 Å². The molecule has 0 aromatic carbocycles. The number of aromatic nitrogens is 3. The molecule has 0 spiro atoms. The van der Waals surface area contributed by atoms with Gasteiger partial charge in [-0.3, -0.25) is 9.89 Å². The molecule has 1 aliphatic heterocycles. The van der Waals surface area contributed by atoms with Gasteiger partial charge in [0.25, 0.3) is 5.88 Å². The Kier molecular flexibility index (Phi) is 4.38. The number of aromatic amines is 1. The molecule has 2 aromatic rings. The van der Waals surface area contributed by atoms with Crippen molar-refractivity contribution in [1.29, 1.82) is 0 Å². The fourth-order valence-corrected chi connectivity index (χ4v) is 2.49. The van der Waals surface area contributed by atoms with Crippen molar-refractivity contribution in [2.45, 2.75) is 18.9 Å². The van der Waals surface area contributed by atoms with E-state index in [1.54, 1.807) is 12.3 Å². The molecule has 1 atom stereocenters. The topological polar surface area (TPSA) is 93.5 Å². The average molecular weight is 306 g/mol. The second kappa shape index (κ2) is 6.61. The summed E-state index contributed by atoms with van der Waals surface area (Å²) in [6, 6.07) is 3.44. The Morgan fingerprint density at radius 2 is 2.50 bits per heavy atom. The number of hydrogen-bond acceptors (Lipinski definition) is 6. The smallest absolute Gasteiger partial charge is 0.254 e. The molecule has 8 heteroatoms. The van der Waals surface area contributed by atoms with Gasteiger partial charge in [0.05, 0.1) is 32.1 Å². The van der Waals surface area contributed by atoms with Crippen LogP contribution >= 0.6 is 0 Å². The van der Waals surface area contributed by atoms with Crippen molar-refractivity contribution in [3.63, 3.8) is 0 Å². The van der Waals surface area contributed by atoms with Crippen LogP contribution in [0.2, 0.25) is 0 Å². The molecule has 1 amide bonds. The molecule has 0 aliphatic carbocycles. The van der Waals surface area contributed by atoms with Gasteiger partial charge >= 0.3 is 0 Å². The predicted molar refractivity (Wildman–Crippen MR) is 75.2 cm³/mol. The summed E-state index contributed by atoms with van der Waals surface area (Å²) in [7, 11) is 1.52. The first-order valence-electron chi connectivity index (χ1n) is 7.14. The summed E-state index contributed by atoms with van der Waals surface area (Å²) in [4.78, 5) is 14.3. The van der Waals surface area contributed by atoms with E-state index in [4.69, 9.17) is 14.0 Å². The van der Waals surface area contributed by atoms with Crippen LogP contribution in [0.25, 0.3) is 0 Å². The van der Waals surface area contributed by atoms with E-state index in [-0.39, 0.29) is 11.9 Å². The highest BCUT2D eigenvalue weighted by Gasteiger charge is 2.29. The Hall–Kier alpha value is -2.35. The predicted octanol–water partition coefficient (Wildman–Crippen LogP) is 0.939. The third-order valence-corrected chi connectivity index (χ3v) is 3.66. The summed E-state index contributed by atoms with van der Waals surface area (Å²) < 4.78 is 15.5. The van der Waals surface area contributed by atoms with Crippen LogP contribution in [0.4, 0.5) is 0 Å². The van der Waals surface area contributed by atoms with Crippen LogP contribution in [-0.4, -0.2) is 53.0 Å². The Morgan fingerprint density at radius 3 is 3.23 bits per heavy atom. The summed E-state index contributed by atoms with van der Waals surface area (Å²) in [6.07, 6.45) is 2.51. The van der Waals surface area contributed by atoms with Crippen molar-refractivity contribution in [3.05, 3.63) is 29.8 Å². The lowest BCUT2D eigenvalue weighted by Crippen LogP contribution is -2.43. The Balaban J connectivity index is 1.62. The molecule has 1 fully saturated rings. The normalized spacial score (nSPS) is 18.4. The van der Waals surface area contributed by atoms with Gasteiger partial charge in [-0.1, -0.05) is 0 Å². The molecule has 8 nitrogen and oxygen atoms in total. The van der Waals surface area contributed by atoms with Gasteiger partial charge in [-0.15, -0.1) is 0 Å². The first-order chi connectivity index (χ1) is 10.8. The number of hydrogen-bond donors (Lipinski definition) is 1. The quantitative estimate of drug-likeness (QED) is 0.883. The summed E-state index contributed by atoms with van der Waals surface area (Å²) in [5, 5.41) is 10.6. The zero-order valence-corrected chi connectivity index (χ0v) is 12.3. The molecule has 1 N–H and O–H groups in total. The minimum Gasteiger partial charge on any atom is -0.479 e. The van der Waals surface area contributed by atoms with Gasteiger partial charge in [0.1, 0.15) is 5.76 Å². The lowest BCUT2D eigenvalue weighted by atomic mass is 10.1. The van der Waals surface area contributed by atoms with E-state index in [0.29, 0.717) is 44.2 Å². The van der Waals surface area contributed by atoms with Crippen LogP contribution < -0.4 is 4.74 Å². The zero-order chi connectivity index (χ0) is 15.4. The standard InChI is InChI=1S/C14H18N4O4/c1-20-13-8-10(22-17-13)2-3-14(19)18-6-7-21-9-12(18)11-4-5-15-16-11/h4-5,8,12H,2-3,6-7,9H2,1H3,(H,15,16)/t12-/m1/s1. The summed E-state index contributed by atoms with van der Waals surface area (Å²) in [5.41, 5.74) is 0.884. The monoisotopic (exact) mass is 306 g/mol. The van der Waals surface area contributed by atoms with Crippen LogP contribution in [0.1, 0.15) is 23.9 Å². The lowest BCUT2D eigenvalue weighted by molar-refractivity contribution is -0.140. The SMILES string of the molecule is COc1cc(CCC(=O)N2CCOC[C@@H]2c2ccn[nH]2)on1. The molecule has 118 valence electrons. The number of methoxy groups -OCH3 is 1. The Bertz CT molecular complexity index is 610. The number of carbonyl (C=O) groups excluding carboxylic acids is 1. The van der Waals surface area contributed by atoms with E-state index < -0.39 is 0 Å². The second-order valence-electron chi connectivity index (χ2n) is 5.03. The van der Waals surface area contributed by atoms with Gasteiger partial charge < -0.3 is 18.9 Å². The van der Waals surface area contributed by atoms with Gasteiger partial charge in [-0.2, -0.15) is 5.10 Å². The number of H-pyrrole nitrogens is 1. The van der Waals surface area contributed by atoms with E-state index in [2.05, 4.69) is 15.4 Å². The molecule has 0 unspecified atom stereocenters. The van der Waals surface area contributed by atoms with E-state index in [1.165, 1.54) is 7.11 Å². The maximum atomic E-state index is 12.5. The fraction of sp³-hybridized carbons (Fsp3) is 0.500. The zero-order valence-electron chi connectivity index (χ0n) is 12.3. The number of morpholine rings is 1. The van der Waals surface area contributed by atoms with Gasteiger partial charge in [0, 0.05) is 31.6 Å². The molecule has 3 rings (SSSR count). The molecule has 1 saturated heterocycles. The van der Waals surface area contributed by atoms with Gasteiger partial charge in [-0.25, -0.2) is 0 Å². The third-order valence-electron chi connectivity index (χ3n) is 3.66. The fourth-order valence-electron chi connectivity index (χ4n) is 2.49. The maximum Gasteiger partial charge on any atom is 0.254 e. The maximum absolute atomic E-state index is 12.5. The number of aryl methyl sites for hydroxylation is 1. The second-order valence-corrected chi connectivity index (χ2v) is 5.03. The number of carbonyl (C=O) groups is 1. The molecule has 0 bridgehead atoms. The largest absolute Gasteiger partial charge is 0.479 e. The van der Waals surface area contributed by atoms with Crippen molar-refractivity contribution in [3.8, 4) is 5.88 Å². The van der Waals surface area contributed by atoms with E-state index in [9.17, 15) is 4.79 Å². The Labute approximate surface area is 127 Å². The molecule has 0 saturated carbocycles. The molecule has 3 heterocycles. The van der Waals surface area contributed by atoms with Crippen LogP contribution in [0.3, 0.4) is 0 Å². The first kappa shape index (κ1) is 14.6. The van der Waals surface area contributed by atoms with Gasteiger partial charge in [-0.05, 0) is 11.2 Å². The van der Waals surface area contributed by atoms with Crippen LogP contribution in [-0.2, 0) is 16.0 Å². The number of nitrogens with zero attached hydrogens (tertiary/aromatic N) is 3. The molecule has 2 aromatic heterocycles. The van der Waals surface area contributed by atoms with Gasteiger partial charge in [0.2, 0.25) is 5.91 Å². The summed E-state index contributed by atoms with van der Waals surface area (Å²) in [5.74, 6) is 1.11. The van der Waals surface area contributed by atoms with Crippen molar-refractivity contribution >= 4 is 5.91 Å². The lowest BCUT2D eigenvalue weighted by Gasteiger charge is -2.35. The third kappa shape index (κ3) is 3.11. The Morgan fingerprint density at radius 1 is 1.59 bits per heavy atom. The molecule has 1 aliphatic rings. The minimum absolute atomic E-state index is 0.0540. The number of ether oxygens (including phenoxy) is 2. The number of rotatable bonds is 5. The average Bonchev–Trinajstić information content (AvgIpc) is 3.24. The summed E-state index contributed by atoms with van der Waals surface area (Å²) >= 11 is 0. The van der Waals surface area contributed by atoms with Crippen LogP contribution in [0.15, 0.2) is 22.9 Å². The highest BCUT2D eigenvalue weighted by atomic mass is 16.5. The number of amides is 1. The van der Waals surface area contributed by atoms with Crippen LogP contribution in [0.5, 0.6) is 5.88 Å². The van der Waals surface area contributed by atoms with Crippen molar-refractivity contribution < 1.29 is 18.8 Å². The highest BCUT2D eigenvalue weighted by Crippen LogP contribution is 2.23. The summed E-state index contributed by atoms with van der Waals surface area (Å²) in [6.45, 7) is 1.60. The van der Waals surface area contributed by atoms with E-state index in [1.807, 2.05) is 11.0 Å². The molecular weight excluding hydrogens is 288 g/mol. The van der Waals surface area contributed by atoms with Gasteiger partial charge in [0.15, 0.2) is 0 Å². The highest BCUT2D eigenvalue weighted by molar-refractivity contribution is 5.77. The molecule has 22 heavy (non-hydrogen) atoms. The van der Waals surface area contributed by atoms with Crippen molar-refractivity contribution in [1.82, 2.24) is 20.3 Å². The number of nitrogens with one attached hydrogen (secondary N) is 1. The molecular formula is C14H18N4O4. The van der Waals surface area contributed by atoms with E-state index >= 15 is 0 Å². The van der Waals surface area contributed by atoms with E-state index in [0.717, 1.165) is 5.69 Å².